The first-order chi connectivity index (χ1) is 19.7. The number of methoxy groups -OCH3 is 2. The van der Waals surface area contributed by atoms with Gasteiger partial charge in [0, 0.05) is 23.4 Å². The highest BCUT2D eigenvalue weighted by Gasteiger charge is 2.16. The Hall–Kier alpha value is -5.15. The second-order valence-electron chi connectivity index (χ2n) is 9.57. The Balaban J connectivity index is 1.53. The first-order valence-corrected chi connectivity index (χ1v) is 13.3. The molecule has 0 bridgehead atoms. The van der Waals surface area contributed by atoms with Crippen molar-refractivity contribution in [3.63, 3.8) is 0 Å². The standard InChI is InChI=1S/C37H29NO2/c1-39-31-21-30(22-32(23-31)40-2)33-15-9-10-16-34(33)36-25-38-37(29-13-7-4-8-14-29)24-35(36)28-19-17-27(18-20-28)26-11-5-3-6-12-26/h3-25H,1-2H3. The minimum absolute atomic E-state index is 0.749. The zero-order valence-electron chi connectivity index (χ0n) is 22.5. The third-order valence-corrected chi connectivity index (χ3v) is 7.16. The van der Waals surface area contributed by atoms with Crippen LogP contribution in [0.4, 0.5) is 0 Å². The molecule has 3 heteroatoms. The van der Waals surface area contributed by atoms with Gasteiger partial charge in [0.1, 0.15) is 11.5 Å². The van der Waals surface area contributed by atoms with Crippen molar-refractivity contribution >= 4 is 0 Å². The molecule has 6 rings (SSSR count). The molecule has 1 aromatic heterocycles. The Kier molecular flexibility index (Phi) is 7.11. The molecule has 0 fully saturated rings. The number of pyridine rings is 1. The molecule has 6 aromatic rings. The van der Waals surface area contributed by atoms with Crippen LogP contribution < -0.4 is 9.47 Å². The van der Waals surface area contributed by atoms with Gasteiger partial charge < -0.3 is 9.47 Å². The molecule has 1 heterocycles. The van der Waals surface area contributed by atoms with Crippen molar-refractivity contribution in [3.8, 4) is 67.3 Å². The highest BCUT2D eigenvalue weighted by Crippen LogP contribution is 2.41. The van der Waals surface area contributed by atoms with Crippen molar-refractivity contribution in [3.05, 3.63) is 140 Å². The summed E-state index contributed by atoms with van der Waals surface area (Å²) in [6.45, 7) is 0. The highest BCUT2D eigenvalue weighted by molar-refractivity contribution is 5.93. The Labute approximate surface area is 235 Å². The Bertz CT molecular complexity index is 1720. The zero-order valence-corrected chi connectivity index (χ0v) is 22.5. The van der Waals surface area contributed by atoms with Gasteiger partial charge in [-0.3, -0.25) is 4.98 Å². The summed E-state index contributed by atoms with van der Waals surface area (Å²) in [4.78, 5) is 4.93. The Morgan fingerprint density at radius 1 is 0.400 bits per heavy atom. The molecule has 0 saturated heterocycles. The van der Waals surface area contributed by atoms with E-state index >= 15 is 0 Å². The summed E-state index contributed by atoms with van der Waals surface area (Å²) in [5.74, 6) is 1.50. The first-order valence-electron chi connectivity index (χ1n) is 13.3. The van der Waals surface area contributed by atoms with Crippen molar-refractivity contribution in [2.45, 2.75) is 0 Å². The van der Waals surface area contributed by atoms with E-state index in [0.29, 0.717) is 0 Å². The minimum atomic E-state index is 0.749. The number of nitrogens with zero attached hydrogens (tertiary/aromatic N) is 1. The highest BCUT2D eigenvalue weighted by atomic mass is 16.5. The zero-order chi connectivity index (χ0) is 27.3. The molecule has 5 aromatic carbocycles. The minimum Gasteiger partial charge on any atom is -0.497 e. The van der Waals surface area contributed by atoms with Gasteiger partial charge in [-0.05, 0) is 57.1 Å². The average molecular weight is 520 g/mol. The van der Waals surface area contributed by atoms with E-state index in [1.165, 1.54) is 11.1 Å². The predicted octanol–water partition coefficient (Wildman–Crippen LogP) is 9.43. The van der Waals surface area contributed by atoms with Crippen molar-refractivity contribution in [2.75, 3.05) is 14.2 Å². The summed E-state index contributed by atoms with van der Waals surface area (Å²) in [5.41, 5.74) is 10.9. The molecule has 0 unspecified atom stereocenters. The molecule has 0 aliphatic rings. The van der Waals surface area contributed by atoms with Crippen LogP contribution in [0.1, 0.15) is 0 Å². The lowest BCUT2D eigenvalue weighted by Crippen LogP contribution is -1.94. The van der Waals surface area contributed by atoms with E-state index in [9.17, 15) is 0 Å². The van der Waals surface area contributed by atoms with Crippen molar-refractivity contribution in [2.24, 2.45) is 0 Å². The topological polar surface area (TPSA) is 31.4 Å². The third-order valence-electron chi connectivity index (χ3n) is 7.16. The number of hydrogen-bond acceptors (Lipinski definition) is 3. The SMILES string of the molecule is COc1cc(OC)cc(-c2ccccc2-c2cnc(-c3ccccc3)cc2-c2ccc(-c3ccccc3)cc2)c1. The molecule has 194 valence electrons. The van der Waals surface area contributed by atoms with Crippen LogP contribution in [-0.4, -0.2) is 19.2 Å². The molecule has 40 heavy (non-hydrogen) atoms. The van der Waals surface area contributed by atoms with Gasteiger partial charge in [-0.1, -0.05) is 109 Å². The van der Waals surface area contributed by atoms with Gasteiger partial charge in [0.15, 0.2) is 0 Å². The molecule has 0 radical (unpaired) electrons. The van der Waals surface area contributed by atoms with Crippen LogP contribution in [0, 0.1) is 0 Å². The van der Waals surface area contributed by atoms with E-state index in [1.807, 2.05) is 48.7 Å². The number of rotatable bonds is 7. The Morgan fingerprint density at radius 2 is 0.925 bits per heavy atom. The lowest BCUT2D eigenvalue weighted by molar-refractivity contribution is 0.394. The van der Waals surface area contributed by atoms with Crippen molar-refractivity contribution < 1.29 is 9.47 Å². The first kappa shape index (κ1) is 25.1. The molecule has 0 atom stereocenters. The fraction of sp³-hybridized carbons (Fsp3) is 0.0541. The summed E-state index contributed by atoms with van der Waals surface area (Å²) in [6.07, 6.45) is 2.00. The van der Waals surface area contributed by atoms with E-state index < -0.39 is 0 Å². The van der Waals surface area contributed by atoms with Crippen LogP contribution in [0.5, 0.6) is 11.5 Å². The van der Waals surface area contributed by atoms with E-state index in [-0.39, 0.29) is 0 Å². The molecule has 0 amide bonds. The smallest absolute Gasteiger partial charge is 0.123 e. The van der Waals surface area contributed by atoms with Gasteiger partial charge in [-0.2, -0.15) is 0 Å². The van der Waals surface area contributed by atoms with Gasteiger partial charge in [0.25, 0.3) is 0 Å². The lowest BCUT2D eigenvalue weighted by atomic mass is 9.89. The number of hydrogen-bond donors (Lipinski definition) is 0. The summed E-state index contributed by atoms with van der Waals surface area (Å²) >= 11 is 0. The normalized spacial score (nSPS) is 10.8. The lowest BCUT2D eigenvalue weighted by Gasteiger charge is -2.17. The molecule has 0 aliphatic heterocycles. The van der Waals surface area contributed by atoms with E-state index in [0.717, 1.165) is 56.1 Å². The van der Waals surface area contributed by atoms with Gasteiger partial charge in [-0.15, -0.1) is 0 Å². The summed E-state index contributed by atoms with van der Waals surface area (Å²) in [5, 5.41) is 0. The average Bonchev–Trinajstić information content (AvgIpc) is 3.05. The largest absolute Gasteiger partial charge is 0.497 e. The van der Waals surface area contributed by atoms with Crippen LogP contribution in [0.25, 0.3) is 55.8 Å². The molecule has 0 N–H and O–H groups in total. The fourth-order valence-corrected chi connectivity index (χ4v) is 5.08. The monoisotopic (exact) mass is 519 g/mol. The van der Waals surface area contributed by atoms with E-state index in [1.54, 1.807) is 14.2 Å². The molecule has 0 spiro atoms. The van der Waals surface area contributed by atoms with E-state index in [4.69, 9.17) is 14.5 Å². The van der Waals surface area contributed by atoms with Crippen molar-refractivity contribution in [1.82, 2.24) is 4.98 Å². The van der Waals surface area contributed by atoms with Gasteiger partial charge >= 0.3 is 0 Å². The summed E-state index contributed by atoms with van der Waals surface area (Å²) < 4.78 is 11.2. The summed E-state index contributed by atoms with van der Waals surface area (Å²) in [6, 6.07) is 46.2. The quantitative estimate of drug-likeness (QED) is 0.210. The molecular formula is C37H29NO2. The maximum Gasteiger partial charge on any atom is 0.123 e. The number of aromatic nitrogens is 1. The number of ether oxygens (including phenoxy) is 2. The fourth-order valence-electron chi connectivity index (χ4n) is 5.08. The summed E-state index contributed by atoms with van der Waals surface area (Å²) in [7, 11) is 3.35. The molecule has 3 nitrogen and oxygen atoms in total. The predicted molar refractivity (Wildman–Crippen MR) is 165 cm³/mol. The number of benzene rings is 5. The molecule has 0 saturated carbocycles. The second kappa shape index (κ2) is 11.3. The van der Waals surface area contributed by atoms with Crippen LogP contribution in [0.15, 0.2) is 140 Å². The van der Waals surface area contributed by atoms with Crippen molar-refractivity contribution in [1.29, 1.82) is 0 Å². The van der Waals surface area contributed by atoms with Gasteiger partial charge in [0.05, 0.1) is 19.9 Å². The third kappa shape index (κ3) is 5.10. The van der Waals surface area contributed by atoms with Crippen LogP contribution >= 0.6 is 0 Å². The van der Waals surface area contributed by atoms with Crippen LogP contribution in [-0.2, 0) is 0 Å². The van der Waals surface area contributed by atoms with Crippen LogP contribution in [0.3, 0.4) is 0 Å². The Morgan fingerprint density at radius 3 is 1.55 bits per heavy atom. The van der Waals surface area contributed by atoms with Gasteiger partial charge in [0.2, 0.25) is 0 Å². The second-order valence-corrected chi connectivity index (χ2v) is 9.57. The molecular weight excluding hydrogens is 490 g/mol. The van der Waals surface area contributed by atoms with Crippen LogP contribution in [0.2, 0.25) is 0 Å². The molecule has 0 aliphatic carbocycles. The maximum absolute atomic E-state index is 5.58. The van der Waals surface area contributed by atoms with Gasteiger partial charge in [-0.25, -0.2) is 0 Å². The maximum atomic E-state index is 5.58. The van der Waals surface area contributed by atoms with E-state index in [2.05, 4.69) is 91.0 Å².